The summed E-state index contributed by atoms with van der Waals surface area (Å²) in [4.78, 5) is 61.2. The van der Waals surface area contributed by atoms with Crippen molar-refractivity contribution in [3.8, 4) is 11.5 Å². The second kappa shape index (κ2) is 14.7. The number of carboxylic acids is 2. The van der Waals surface area contributed by atoms with Crippen LogP contribution in [0.2, 0.25) is 0 Å². The molecule has 55 heavy (non-hydrogen) atoms. The SMILES string of the molecule is CC(C)(O/N=C(\C(=O)N[C@@H]1C(=O)N2C(C(=O)O)=C(/C=C\c3ccc(C[N+]4(C5CCC5)CCc5ccc(O)c(O)c5C4)cc3)CS[C@H]12)c1csc(N)n1)C(=O)O. The highest BCUT2D eigenvalue weighted by atomic mass is 32.2. The summed E-state index contributed by atoms with van der Waals surface area (Å²) in [6.07, 6.45) is 7.76. The number of thioether (sulfide) groups is 1. The average Bonchev–Trinajstić information content (AvgIpc) is 3.56. The maximum Gasteiger partial charge on any atom is 0.352 e. The molecule has 1 unspecified atom stereocenters. The van der Waals surface area contributed by atoms with Gasteiger partial charge < -0.3 is 40.8 Å². The van der Waals surface area contributed by atoms with Crippen molar-refractivity contribution in [1.29, 1.82) is 0 Å². The number of rotatable bonds is 12. The number of benzene rings is 2. The lowest BCUT2D eigenvalue weighted by molar-refractivity contribution is -0.982. The number of nitrogens with zero attached hydrogens (tertiary/aromatic N) is 4. The Morgan fingerprint density at radius 1 is 1.13 bits per heavy atom. The number of oxime groups is 1. The first-order valence-electron chi connectivity index (χ1n) is 17.8. The summed E-state index contributed by atoms with van der Waals surface area (Å²) in [7, 11) is 0. The molecule has 4 aliphatic rings. The number of nitrogen functional groups attached to an aromatic ring is 1. The van der Waals surface area contributed by atoms with Crippen LogP contribution in [0, 0.1) is 0 Å². The molecule has 7 N–H and O–H groups in total. The fourth-order valence-electron chi connectivity index (χ4n) is 7.40. The highest BCUT2D eigenvalue weighted by molar-refractivity contribution is 8.00. The quantitative estimate of drug-likeness (QED) is 0.0507. The molecule has 2 fully saturated rings. The molecule has 1 aliphatic carbocycles. The minimum absolute atomic E-state index is 0.0193. The van der Waals surface area contributed by atoms with Gasteiger partial charge in [0.15, 0.2) is 22.3 Å². The van der Waals surface area contributed by atoms with Gasteiger partial charge in [-0.3, -0.25) is 14.5 Å². The minimum atomic E-state index is -1.78. The van der Waals surface area contributed by atoms with Crippen LogP contribution in [0.15, 0.2) is 64.3 Å². The smallest absolute Gasteiger partial charge is 0.352 e. The summed E-state index contributed by atoms with van der Waals surface area (Å²) in [6.45, 7) is 4.88. The van der Waals surface area contributed by atoms with Crippen molar-refractivity contribution >= 4 is 63.8 Å². The summed E-state index contributed by atoms with van der Waals surface area (Å²) in [5, 5.41) is 47.7. The van der Waals surface area contributed by atoms with E-state index in [2.05, 4.69) is 27.6 Å². The number of thiazole rings is 1. The van der Waals surface area contributed by atoms with Gasteiger partial charge in [-0.1, -0.05) is 47.6 Å². The number of nitrogens with one attached hydrogen (secondary N) is 1. The largest absolute Gasteiger partial charge is 0.504 e. The molecule has 17 heteroatoms. The predicted octanol–water partition coefficient (Wildman–Crippen LogP) is 3.80. The molecular weight excluding hydrogens is 749 g/mol. The summed E-state index contributed by atoms with van der Waals surface area (Å²) in [5.41, 5.74) is 7.74. The molecular formula is C38H41N6O9S2+. The van der Waals surface area contributed by atoms with Crippen LogP contribution in [-0.4, -0.2) is 99.6 Å². The van der Waals surface area contributed by atoms with Crippen molar-refractivity contribution in [2.24, 2.45) is 5.16 Å². The van der Waals surface area contributed by atoms with E-state index in [-0.39, 0.29) is 33.8 Å². The molecule has 7 rings (SSSR count). The summed E-state index contributed by atoms with van der Waals surface area (Å²) in [6, 6.07) is 10.9. The van der Waals surface area contributed by atoms with Gasteiger partial charge in [0.25, 0.3) is 11.8 Å². The zero-order valence-corrected chi connectivity index (χ0v) is 31.7. The number of β-lactam (4-membered cyclic amide) rings is 1. The van der Waals surface area contributed by atoms with Crippen LogP contribution >= 0.6 is 23.1 Å². The third kappa shape index (κ3) is 7.26. The molecule has 1 saturated carbocycles. The number of fused-ring (bicyclic) bond motifs is 2. The first-order valence-corrected chi connectivity index (χ1v) is 19.7. The number of nitrogens with two attached hydrogens (primary N) is 1. The maximum absolute atomic E-state index is 13.4. The first-order chi connectivity index (χ1) is 26.2. The van der Waals surface area contributed by atoms with Crippen LogP contribution in [0.3, 0.4) is 0 Å². The first kappa shape index (κ1) is 37.9. The van der Waals surface area contributed by atoms with Gasteiger partial charge in [-0.25, -0.2) is 14.6 Å². The van der Waals surface area contributed by atoms with Crippen LogP contribution < -0.4 is 11.1 Å². The van der Waals surface area contributed by atoms with Crippen molar-refractivity contribution < 1.29 is 48.9 Å². The monoisotopic (exact) mass is 789 g/mol. The fourth-order valence-corrected chi connectivity index (χ4v) is 9.26. The molecule has 2 aromatic carbocycles. The zero-order valence-electron chi connectivity index (χ0n) is 30.1. The van der Waals surface area contributed by atoms with E-state index in [0.717, 1.165) is 75.3 Å². The van der Waals surface area contributed by atoms with Gasteiger partial charge in [-0.05, 0) is 55.9 Å². The topological polar surface area (TPSA) is 225 Å². The highest BCUT2D eigenvalue weighted by Crippen LogP contribution is 2.44. The molecule has 288 valence electrons. The number of phenolic OH excluding ortho intramolecular Hbond substituents is 2. The molecule has 3 aromatic rings. The number of aliphatic carboxylic acids is 2. The Morgan fingerprint density at radius 2 is 1.87 bits per heavy atom. The van der Waals surface area contributed by atoms with Gasteiger partial charge in [0.05, 0.1) is 18.2 Å². The summed E-state index contributed by atoms with van der Waals surface area (Å²) in [5.74, 6) is -3.97. The van der Waals surface area contributed by atoms with E-state index < -0.39 is 46.5 Å². The molecule has 15 nitrogen and oxygen atoms in total. The molecule has 3 aliphatic heterocycles. The third-order valence-corrected chi connectivity index (χ3v) is 12.8. The number of allylic oxidation sites excluding steroid dienone is 1. The van der Waals surface area contributed by atoms with Crippen LogP contribution in [0.4, 0.5) is 5.13 Å². The van der Waals surface area contributed by atoms with Gasteiger partial charge >= 0.3 is 11.9 Å². The number of amides is 2. The van der Waals surface area contributed by atoms with E-state index in [0.29, 0.717) is 18.2 Å². The van der Waals surface area contributed by atoms with Gasteiger partial charge in [0, 0.05) is 23.1 Å². The number of hydrogen-bond acceptors (Lipinski definition) is 12. The van der Waals surface area contributed by atoms with E-state index in [1.807, 2.05) is 24.3 Å². The van der Waals surface area contributed by atoms with Crippen LogP contribution in [0.5, 0.6) is 11.5 Å². The van der Waals surface area contributed by atoms with E-state index in [4.69, 9.17) is 10.6 Å². The van der Waals surface area contributed by atoms with E-state index in [1.165, 1.54) is 37.4 Å². The lowest BCUT2D eigenvalue weighted by atomic mass is 9.84. The standard InChI is InChI=1S/C38H40N6O9S2/c1-38(2,36(51)52)53-42-28(26-19-55-37(39)40-26)32(47)41-29-33(48)43-30(35(49)50)23(18-54-34(29)43)11-10-20-6-8-21(9-7-20)16-44(24-4-3-5-24)15-14-22-12-13-27(45)31(46)25(22)17-44/h6-13,19,24,29,34H,3-5,14-18H2,1-2H3,(H6-,39,40,41,42,45,46,47,49,50,51,52)/p+1/b11-10-/t29-,34-,44?/m1/s1. The normalized spacial score (nSPS) is 22.8. The van der Waals surface area contributed by atoms with Crippen molar-refractivity contribution in [3.63, 3.8) is 0 Å². The number of hydrogen-bond donors (Lipinski definition) is 6. The van der Waals surface area contributed by atoms with E-state index >= 15 is 0 Å². The van der Waals surface area contributed by atoms with Crippen LogP contribution in [0.1, 0.15) is 61.1 Å². The fraction of sp³-hybridized carbons (Fsp3) is 0.368. The highest BCUT2D eigenvalue weighted by Gasteiger charge is 2.54. The van der Waals surface area contributed by atoms with Crippen LogP contribution in [0.25, 0.3) is 6.08 Å². The molecule has 1 saturated heterocycles. The number of carbonyl (C=O) groups is 4. The van der Waals surface area contributed by atoms with E-state index in [1.54, 1.807) is 12.1 Å². The Morgan fingerprint density at radius 3 is 2.51 bits per heavy atom. The molecule has 3 atom stereocenters. The van der Waals surface area contributed by atoms with Gasteiger partial charge in [0.1, 0.15) is 35.9 Å². The number of phenols is 2. The lowest BCUT2D eigenvalue weighted by Crippen LogP contribution is -2.71. The minimum Gasteiger partial charge on any atom is -0.504 e. The summed E-state index contributed by atoms with van der Waals surface area (Å²) >= 11 is 2.32. The Bertz CT molecular complexity index is 2160. The maximum atomic E-state index is 13.4. The zero-order chi connectivity index (χ0) is 39.2. The number of aromatic hydroxyl groups is 2. The van der Waals surface area contributed by atoms with Gasteiger partial charge in [-0.2, -0.15) is 0 Å². The van der Waals surface area contributed by atoms with Crippen molar-refractivity contribution in [2.45, 2.75) is 75.7 Å². The molecule has 4 heterocycles. The molecule has 1 aromatic heterocycles. The molecule has 2 amide bonds. The lowest BCUT2D eigenvalue weighted by Gasteiger charge is -2.51. The van der Waals surface area contributed by atoms with Crippen LogP contribution in [-0.2, 0) is 43.5 Å². The number of carboxylic acid groups (broad SMARTS) is 2. The molecule has 0 radical (unpaired) electrons. The number of anilines is 1. The van der Waals surface area contributed by atoms with Crippen molar-refractivity contribution in [2.75, 3.05) is 18.0 Å². The second-order valence-electron chi connectivity index (χ2n) is 14.7. The molecule has 0 spiro atoms. The number of aromatic nitrogens is 1. The van der Waals surface area contributed by atoms with Gasteiger partial charge in [0.2, 0.25) is 5.60 Å². The molecule has 0 bridgehead atoms. The number of carbonyl (C=O) groups excluding carboxylic acids is 2. The predicted molar refractivity (Wildman–Crippen MR) is 205 cm³/mol. The van der Waals surface area contributed by atoms with Crippen molar-refractivity contribution in [1.82, 2.24) is 15.2 Å². The van der Waals surface area contributed by atoms with Gasteiger partial charge in [-0.15, -0.1) is 23.1 Å². The Hall–Kier alpha value is -5.39. The Kier molecular flexibility index (Phi) is 10.1. The number of quaternary nitrogens is 1. The average molecular weight is 790 g/mol. The second-order valence-corrected chi connectivity index (χ2v) is 16.7. The third-order valence-electron chi connectivity index (χ3n) is 10.8. The van der Waals surface area contributed by atoms with E-state index in [9.17, 15) is 39.6 Å². The summed E-state index contributed by atoms with van der Waals surface area (Å²) < 4.78 is 0.821. The van der Waals surface area contributed by atoms with Crippen molar-refractivity contribution in [3.05, 3.63) is 87.1 Å². The Labute approximate surface area is 324 Å². The Balaban J connectivity index is 1.05.